The van der Waals surface area contributed by atoms with Crippen LogP contribution in [0.2, 0.25) is 0 Å². The zero-order chi connectivity index (χ0) is 12.5. The lowest BCUT2D eigenvalue weighted by Gasteiger charge is -2.04. The molecule has 3 aromatic rings. The molecule has 0 aliphatic carbocycles. The molecule has 18 heavy (non-hydrogen) atoms. The van der Waals surface area contributed by atoms with E-state index >= 15 is 0 Å². The predicted molar refractivity (Wildman–Crippen MR) is 67.9 cm³/mol. The van der Waals surface area contributed by atoms with Crippen LogP contribution >= 0.6 is 0 Å². The van der Waals surface area contributed by atoms with Crippen molar-refractivity contribution in [2.75, 3.05) is 7.11 Å². The van der Waals surface area contributed by atoms with Gasteiger partial charge >= 0.3 is 0 Å². The van der Waals surface area contributed by atoms with E-state index < -0.39 is 0 Å². The van der Waals surface area contributed by atoms with Gasteiger partial charge in [-0.3, -0.25) is 0 Å². The second-order valence-electron chi connectivity index (χ2n) is 3.91. The molecule has 0 unspecified atom stereocenters. The van der Waals surface area contributed by atoms with Gasteiger partial charge < -0.3 is 4.74 Å². The van der Waals surface area contributed by atoms with Crippen LogP contribution in [0.5, 0.6) is 5.88 Å². The Morgan fingerprint density at radius 2 is 1.89 bits per heavy atom. The Morgan fingerprint density at radius 1 is 1.11 bits per heavy atom. The fourth-order valence-electron chi connectivity index (χ4n) is 1.90. The summed E-state index contributed by atoms with van der Waals surface area (Å²) in [5, 5.41) is 5.16. The number of para-hydroxylation sites is 1. The van der Waals surface area contributed by atoms with E-state index in [0.29, 0.717) is 11.7 Å². The Morgan fingerprint density at radius 3 is 2.61 bits per heavy atom. The lowest BCUT2D eigenvalue weighted by Crippen LogP contribution is -2.00. The van der Waals surface area contributed by atoms with Crippen molar-refractivity contribution in [3.8, 4) is 11.6 Å². The highest BCUT2D eigenvalue weighted by molar-refractivity contribution is 5.81. The molecule has 5 heteroatoms. The van der Waals surface area contributed by atoms with Crippen molar-refractivity contribution in [3.63, 3.8) is 0 Å². The van der Waals surface area contributed by atoms with E-state index in [-0.39, 0.29) is 0 Å². The molecule has 0 aliphatic heterocycles. The van der Waals surface area contributed by atoms with Gasteiger partial charge in [0.25, 0.3) is 0 Å². The molecule has 0 saturated heterocycles. The summed E-state index contributed by atoms with van der Waals surface area (Å²) in [6.07, 6.45) is 1.72. The van der Waals surface area contributed by atoms with Gasteiger partial charge in [-0.05, 0) is 19.1 Å². The number of hydrogen-bond donors (Lipinski definition) is 0. The maximum Gasteiger partial charge on any atom is 0.227 e. The highest BCUT2D eigenvalue weighted by atomic mass is 16.5. The summed E-state index contributed by atoms with van der Waals surface area (Å²) in [4.78, 5) is 8.67. The maximum absolute atomic E-state index is 5.25. The monoisotopic (exact) mass is 240 g/mol. The lowest BCUT2D eigenvalue weighted by molar-refractivity contribution is 0.401. The molecule has 3 rings (SSSR count). The van der Waals surface area contributed by atoms with Gasteiger partial charge in [0.05, 0.1) is 19.0 Å². The summed E-state index contributed by atoms with van der Waals surface area (Å²) in [6, 6.07) is 9.87. The fourth-order valence-corrected chi connectivity index (χ4v) is 1.90. The van der Waals surface area contributed by atoms with Crippen molar-refractivity contribution in [1.29, 1.82) is 0 Å². The van der Waals surface area contributed by atoms with Crippen LogP contribution in [-0.4, -0.2) is 26.9 Å². The number of aromatic nitrogens is 4. The first-order chi connectivity index (χ1) is 8.79. The second kappa shape index (κ2) is 4.10. The van der Waals surface area contributed by atoms with Crippen LogP contribution in [-0.2, 0) is 0 Å². The van der Waals surface area contributed by atoms with Crippen LogP contribution in [0.25, 0.3) is 16.7 Å². The first-order valence-electron chi connectivity index (χ1n) is 5.61. The zero-order valence-electron chi connectivity index (χ0n) is 10.2. The van der Waals surface area contributed by atoms with E-state index in [1.165, 1.54) is 0 Å². The summed E-state index contributed by atoms with van der Waals surface area (Å²) in [7, 11) is 1.60. The number of rotatable bonds is 2. The third-order valence-corrected chi connectivity index (χ3v) is 2.70. The highest BCUT2D eigenvalue weighted by Gasteiger charge is 2.12. The third kappa shape index (κ3) is 1.60. The molecule has 0 spiro atoms. The average Bonchev–Trinajstić information content (AvgIpc) is 2.82. The van der Waals surface area contributed by atoms with Crippen molar-refractivity contribution in [1.82, 2.24) is 19.7 Å². The Kier molecular flexibility index (Phi) is 2.44. The molecule has 0 radical (unpaired) electrons. The normalized spacial score (nSPS) is 10.8. The van der Waals surface area contributed by atoms with Crippen LogP contribution in [0.15, 0.2) is 36.5 Å². The number of nitrogens with zero attached hydrogens (tertiary/aromatic N) is 4. The SMILES string of the molecule is COc1nc(C)nc2c1cnn2-c1ccccc1. The molecule has 0 fully saturated rings. The van der Waals surface area contributed by atoms with Crippen molar-refractivity contribution < 1.29 is 4.74 Å². The molecule has 0 N–H and O–H groups in total. The summed E-state index contributed by atoms with van der Waals surface area (Å²) >= 11 is 0. The summed E-state index contributed by atoms with van der Waals surface area (Å²) in [6.45, 7) is 1.84. The van der Waals surface area contributed by atoms with E-state index in [1.54, 1.807) is 18.0 Å². The van der Waals surface area contributed by atoms with Gasteiger partial charge in [0.2, 0.25) is 5.88 Å². The first kappa shape index (κ1) is 10.7. The van der Waals surface area contributed by atoms with Crippen molar-refractivity contribution in [2.24, 2.45) is 0 Å². The quantitative estimate of drug-likeness (QED) is 0.688. The molecule has 2 aromatic heterocycles. The number of hydrogen-bond acceptors (Lipinski definition) is 4. The van der Waals surface area contributed by atoms with Gasteiger partial charge in [-0.1, -0.05) is 18.2 Å². The van der Waals surface area contributed by atoms with E-state index in [0.717, 1.165) is 16.7 Å². The molecule has 0 amide bonds. The standard InChI is InChI=1S/C13H12N4O/c1-9-15-12-11(13(16-9)18-2)8-14-17(12)10-6-4-3-5-7-10/h3-8H,1-2H3. The van der Waals surface area contributed by atoms with E-state index in [1.807, 2.05) is 37.3 Å². The van der Waals surface area contributed by atoms with Crippen LogP contribution < -0.4 is 4.74 Å². The molecule has 2 heterocycles. The fraction of sp³-hybridized carbons (Fsp3) is 0.154. The van der Waals surface area contributed by atoms with Gasteiger partial charge in [-0.15, -0.1) is 0 Å². The van der Waals surface area contributed by atoms with Gasteiger partial charge in [-0.2, -0.15) is 10.1 Å². The van der Waals surface area contributed by atoms with Crippen molar-refractivity contribution in [3.05, 3.63) is 42.4 Å². The molecule has 1 aromatic carbocycles. The Balaban J connectivity index is 2.30. The van der Waals surface area contributed by atoms with E-state index in [2.05, 4.69) is 15.1 Å². The zero-order valence-corrected chi connectivity index (χ0v) is 10.2. The molecule has 0 saturated carbocycles. The Hall–Kier alpha value is -2.43. The first-order valence-corrected chi connectivity index (χ1v) is 5.61. The molecular weight excluding hydrogens is 228 g/mol. The largest absolute Gasteiger partial charge is 0.480 e. The minimum Gasteiger partial charge on any atom is -0.480 e. The number of methoxy groups -OCH3 is 1. The lowest BCUT2D eigenvalue weighted by atomic mass is 10.3. The van der Waals surface area contributed by atoms with Crippen LogP contribution in [0.3, 0.4) is 0 Å². The van der Waals surface area contributed by atoms with Crippen molar-refractivity contribution in [2.45, 2.75) is 6.92 Å². The van der Waals surface area contributed by atoms with Crippen LogP contribution in [0.1, 0.15) is 5.82 Å². The number of benzene rings is 1. The molecule has 5 nitrogen and oxygen atoms in total. The highest BCUT2D eigenvalue weighted by Crippen LogP contribution is 2.23. The number of aryl methyl sites for hydroxylation is 1. The number of ether oxygens (including phenoxy) is 1. The molecule has 0 aliphatic rings. The van der Waals surface area contributed by atoms with Gasteiger partial charge in [-0.25, -0.2) is 9.67 Å². The summed E-state index contributed by atoms with van der Waals surface area (Å²) < 4.78 is 7.04. The van der Waals surface area contributed by atoms with Gasteiger partial charge in [0, 0.05) is 0 Å². The second-order valence-corrected chi connectivity index (χ2v) is 3.91. The predicted octanol–water partition coefficient (Wildman–Crippen LogP) is 2.13. The minimum atomic E-state index is 0.555. The molecular formula is C13H12N4O. The smallest absolute Gasteiger partial charge is 0.227 e. The minimum absolute atomic E-state index is 0.555. The molecule has 90 valence electrons. The molecule has 0 atom stereocenters. The summed E-state index contributed by atoms with van der Waals surface area (Å²) in [5.74, 6) is 1.22. The van der Waals surface area contributed by atoms with Crippen LogP contribution in [0.4, 0.5) is 0 Å². The topological polar surface area (TPSA) is 52.8 Å². The van der Waals surface area contributed by atoms with Gasteiger partial charge in [0.15, 0.2) is 5.65 Å². The third-order valence-electron chi connectivity index (χ3n) is 2.70. The van der Waals surface area contributed by atoms with E-state index in [9.17, 15) is 0 Å². The van der Waals surface area contributed by atoms with Gasteiger partial charge in [0.1, 0.15) is 11.2 Å². The summed E-state index contributed by atoms with van der Waals surface area (Å²) in [5.41, 5.74) is 1.72. The maximum atomic E-state index is 5.25. The number of fused-ring (bicyclic) bond motifs is 1. The Bertz CT molecular complexity index is 691. The Labute approximate surface area is 104 Å². The van der Waals surface area contributed by atoms with Crippen molar-refractivity contribution >= 4 is 11.0 Å². The average molecular weight is 240 g/mol. The molecule has 0 bridgehead atoms. The van der Waals surface area contributed by atoms with E-state index in [4.69, 9.17) is 4.74 Å². The van der Waals surface area contributed by atoms with Crippen LogP contribution in [0, 0.1) is 6.92 Å².